The van der Waals surface area contributed by atoms with Gasteiger partial charge < -0.3 is 4.57 Å². The molecule has 4 heteroatoms. The average Bonchev–Trinajstić information content (AvgIpc) is 2.88. The van der Waals surface area contributed by atoms with Crippen molar-refractivity contribution in [3.05, 3.63) is 71.1 Å². The van der Waals surface area contributed by atoms with Gasteiger partial charge in [-0.2, -0.15) is 0 Å². The molecule has 0 spiro atoms. The van der Waals surface area contributed by atoms with Gasteiger partial charge in [-0.1, -0.05) is 29.3 Å². The maximum atomic E-state index is 6.01. The molecule has 19 heavy (non-hydrogen) atoms. The molecule has 0 aliphatic rings. The maximum absolute atomic E-state index is 6.01. The predicted molar refractivity (Wildman–Crippen MR) is 79.0 cm³/mol. The molecule has 0 bridgehead atoms. The molecule has 3 aromatic rings. The number of pyridine rings is 1. The number of rotatable bonds is 2. The molecule has 94 valence electrons. The fourth-order valence-corrected chi connectivity index (χ4v) is 2.45. The van der Waals surface area contributed by atoms with Crippen molar-refractivity contribution in [2.45, 2.75) is 0 Å². The zero-order valence-electron chi connectivity index (χ0n) is 9.92. The number of aromatic nitrogens is 2. The quantitative estimate of drug-likeness (QED) is 0.659. The normalized spacial score (nSPS) is 10.6. The summed E-state index contributed by atoms with van der Waals surface area (Å²) in [4.78, 5) is 4.33. The molecule has 0 radical (unpaired) electrons. The van der Waals surface area contributed by atoms with Gasteiger partial charge in [0.15, 0.2) is 0 Å². The fraction of sp³-hybridized carbons (Fsp3) is 0. The summed E-state index contributed by atoms with van der Waals surface area (Å²) in [6.07, 6.45) is 5.75. The Kier molecular flexibility index (Phi) is 3.28. The highest BCUT2D eigenvalue weighted by atomic mass is 35.5. The number of hydrogen-bond donors (Lipinski definition) is 0. The number of hydrogen-bond acceptors (Lipinski definition) is 1. The first kappa shape index (κ1) is 12.3. The van der Waals surface area contributed by atoms with E-state index in [4.69, 9.17) is 23.2 Å². The minimum absolute atomic E-state index is 0.621. The second kappa shape index (κ2) is 5.08. The first-order chi connectivity index (χ1) is 9.22. The van der Waals surface area contributed by atoms with E-state index in [0.29, 0.717) is 10.0 Å². The van der Waals surface area contributed by atoms with Gasteiger partial charge in [-0.15, -0.1) is 0 Å². The Labute approximate surface area is 121 Å². The lowest BCUT2D eigenvalue weighted by molar-refractivity contribution is 1.08. The largest absolute Gasteiger partial charge is 0.323 e. The summed E-state index contributed by atoms with van der Waals surface area (Å²) < 4.78 is 1.97. The smallest absolute Gasteiger partial charge is 0.0717 e. The van der Waals surface area contributed by atoms with Crippen molar-refractivity contribution in [1.29, 1.82) is 0 Å². The molecule has 2 heterocycles. The van der Waals surface area contributed by atoms with Crippen LogP contribution in [0.1, 0.15) is 0 Å². The second-order valence-corrected chi connectivity index (χ2v) is 5.02. The van der Waals surface area contributed by atoms with E-state index in [1.165, 1.54) is 0 Å². The van der Waals surface area contributed by atoms with E-state index < -0.39 is 0 Å². The van der Waals surface area contributed by atoms with E-state index in [0.717, 1.165) is 16.9 Å². The molecule has 0 unspecified atom stereocenters. The average molecular weight is 289 g/mol. The maximum Gasteiger partial charge on any atom is 0.0717 e. The van der Waals surface area contributed by atoms with E-state index in [9.17, 15) is 0 Å². The van der Waals surface area contributed by atoms with Crippen LogP contribution in [0.5, 0.6) is 0 Å². The Bertz CT molecular complexity index is 685. The van der Waals surface area contributed by atoms with Gasteiger partial charge in [-0.25, -0.2) is 0 Å². The molecular weight excluding hydrogens is 279 g/mol. The molecule has 1 aromatic carbocycles. The van der Waals surface area contributed by atoms with Crippen molar-refractivity contribution in [1.82, 2.24) is 9.55 Å². The molecule has 0 N–H and O–H groups in total. The van der Waals surface area contributed by atoms with E-state index in [1.54, 1.807) is 12.3 Å². The zero-order chi connectivity index (χ0) is 13.2. The van der Waals surface area contributed by atoms with Crippen LogP contribution in [-0.2, 0) is 0 Å². The minimum atomic E-state index is 0.621. The van der Waals surface area contributed by atoms with Gasteiger partial charge in [-0.3, -0.25) is 4.98 Å². The Morgan fingerprint density at radius 2 is 1.74 bits per heavy atom. The SMILES string of the molecule is Clc1cc(Cl)cc(-n2ccc(-c3ccccn3)c2)c1. The van der Waals surface area contributed by atoms with Crippen molar-refractivity contribution in [2.75, 3.05) is 0 Å². The van der Waals surface area contributed by atoms with Gasteiger partial charge in [0.25, 0.3) is 0 Å². The van der Waals surface area contributed by atoms with Gasteiger partial charge in [0, 0.05) is 39.9 Å². The van der Waals surface area contributed by atoms with Gasteiger partial charge in [-0.05, 0) is 36.4 Å². The van der Waals surface area contributed by atoms with Crippen molar-refractivity contribution in [2.24, 2.45) is 0 Å². The summed E-state index contributed by atoms with van der Waals surface area (Å²) in [5.41, 5.74) is 2.92. The van der Waals surface area contributed by atoms with Crippen LogP contribution in [0.15, 0.2) is 61.1 Å². The third-order valence-corrected chi connectivity index (χ3v) is 3.24. The standard InChI is InChI=1S/C15H10Cl2N2/c16-12-7-13(17)9-14(8-12)19-6-4-11(10-19)15-3-1-2-5-18-15/h1-10H. The van der Waals surface area contributed by atoms with Crippen molar-refractivity contribution in [3.8, 4) is 16.9 Å². The molecule has 3 rings (SSSR count). The predicted octanol–water partition coefficient (Wildman–Crippen LogP) is 4.85. The molecule has 0 fully saturated rings. The topological polar surface area (TPSA) is 17.8 Å². The van der Waals surface area contributed by atoms with E-state index >= 15 is 0 Å². The highest BCUT2D eigenvalue weighted by Crippen LogP contribution is 2.24. The van der Waals surface area contributed by atoms with Crippen LogP contribution in [-0.4, -0.2) is 9.55 Å². The summed E-state index contributed by atoms with van der Waals surface area (Å²) in [5.74, 6) is 0. The lowest BCUT2D eigenvalue weighted by Crippen LogP contribution is -1.89. The van der Waals surface area contributed by atoms with E-state index in [2.05, 4.69) is 4.98 Å². The van der Waals surface area contributed by atoms with Crippen LogP contribution in [0.2, 0.25) is 10.0 Å². The monoisotopic (exact) mass is 288 g/mol. The fourth-order valence-electron chi connectivity index (χ4n) is 1.93. The van der Waals surface area contributed by atoms with Gasteiger partial charge >= 0.3 is 0 Å². The Morgan fingerprint density at radius 3 is 2.42 bits per heavy atom. The van der Waals surface area contributed by atoms with Gasteiger partial charge in [0.1, 0.15) is 0 Å². The van der Waals surface area contributed by atoms with Gasteiger partial charge in [0.2, 0.25) is 0 Å². The molecule has 0 aliphatic heterocycles. The third-order valence-electron chi connectivity index (χ3n) is 2.80. The third kappa shape index (κ3) is 2.65. The van der Waals surface area contributed by atoms with Crippen molar-refractivity contribution >= 4 is 23.2 Å². The minimum Gasteiger partial charge on any atom is -0.323 e. The highest BCUT2D eigenvalue weighted by Gasteiger charge is 2.04. The molecule has 0 saturated heterocycles. The lowest BCUT2D eigenvalue weighted by Gasteiger charge is -2.04. The first-order valence-corrected chi connectivity index (χ1v) is 6.54. The summed E-state index contributed by atoms with van der Waals surface area (Å²) in [6, 6.07) is 13.3. The van der Waals surface area contributed by atoms with Crippen LogP contribution in [0.25, 0.3) is 16.9 Å². The molecule has 0 aliphatic carbocycles. The lowest BCUT2D eigenvalue weighted by atomic mass is 10.2. The highest BCUT2D eigenvalue weighted by molar-refractivity contribution is 6.34. The van der Waals surface area contributed by atoms with Crippen molar-refractivity contribution < 1.29 is 0 Å². The molecular formula is C15H10Cl2N2. The molecule has 0 amide bonds. The van der Waals surface area contributed by atoms with E-state index in [1.807, 2.05) is 53.4 Å². The Balaban J connectivity index is 2.02. The second-order valence-electron chi connectivity index (χ2n) is 4.15. The molecule has 0 atom stereocenters. The van der Waals surface area contributed by atoms with Gasteiger partial charge in [0.05, 0.1) is 5.69 Å². The van der Waals surface area contributed by atoms with Crippen LogP contribution < -0.4 is 0 Å². The van der Waals surface area contributed by atoms with Crippen LogP contribution >= 0.6 is 23.2 Å². The molecule has 2 aromatic heterocycles. The van der Waals surface area contributed by atoms with E-state index in [-0.39, 0.29) is 0 Å². The summed E-state index contributed by atoms with van der Waals surface area (Å²) in [7, 11) is 0. The number of halogens is 2. The Morgan fingerprint density at radius 1 is 0.947 bits per heavy atom. The summed E-state index contributed by atoms with van der Waals surface area (Å²) in [5, 5.41) is 1.24. The molecule has 0 saturated carbocycles. The number of nitrogens with zero attached hydrogens (tertiary/aromatic N) is 2. The number of benzene rings is 1. The summed E-state index contributed by atoms with van der Waals surface area (Å²) >= 11 is 12.0. The van der Waals surface area contributed by atoms with Crippen LogP contribution in [0, 0.1) is 0 Å². The van der Waals surface area contributed by atoms with Crippen molar-refractivity contribution in [3.63, 3.8) is 0 Å². The Hall–Kier alpha value is -1.77. The zero-order valence-corrected chi connectivity index (χ0v) is 11.4. The van der Waals surface area contributed by atoms with Crippen LogP contribution in [0.3, 0.4) is 0 Å². The first-order valence-electron chi connectivity index (χ1n) is 5.78. The molecule has 2 nitrogen and oxygen atoms in total. The van der Waals surface area contributed by atoms with Crippen LogP contribution in [0.4, 0.5) is 0 Å². The summed E-state index contributed by atoms with van der Waals surface area (Å²) in [6.45, 7) is 0.